The maximum Gasteiger partial charge on any atom is 0.247 e. The van der Waals surface area contributed by atoms with Gasteiger partial charge in [0.2, 0.25) is 5.91 Å². The lowest BCUT2D eigenvalue weighted by Crippen LogP contribution is -2.43. The van der Waals surface area contributed by atoms with Crippen LogP contribution >= 0.6 is 11.6 Å². The average molecular weight is 312 g/mol. The third kappa shape index (κ3) is 5.68. The molecule has 1 aromatic rings. The number of amides is 1. The molecular formula is C17H26ClNO2. The number of carbonyl (C=O) groups is 1. The van der Waals surface area contributed by atoms with E-state index in [1.54, 1.807) is 4.90 Å². The quantitative estimate of drug-likeness (QED) is 0.423. The molecule has 3 nitrogen and oxygen atoms in total. The molecule has 0 N–H and O–H groups in total. The van der Waals surface area contributed by atoms with Gasteiger partial charge in [-0.3, -0.25) is 9.69 Å². The Balaban J connectivity index is 2.84. The number of carbonyl (C=O) groups excluding carboxylic acids is 1. The highest BCUT2D eigenvalue weighted by molar-refractivity contribution is 6.33. The van der Waals surface area contributed by atoms with Gasteiger partial charge in [-0.05, 0) is 24.0 Å². The lowest BCUT2D eigenvalue weighted by Gasteiger charge is -2.30. The molecule has 0 aromatic heterocycles. The van der Waals surface area contributed by atoms with Crippen molar-refractivity contribution in [2.24, 2.45) is 5.41 Å². The Morgan fingerprint density at radius 3 is 2.43 bits per heavy atom. The number of benzene rings is 1. The van der Waals surface area contributed by atoms with Crippen LogP contribution in [0.2, 0.25) is 0 Å². The van der Waals surface area contributed by atoms with Crippen LogP contribution < -0.4 is 4.90 Å². The molecule has 1 unspecified atom stereocenters. The summed E-state index contributed by atoms with van der Waals surface area (Å²) in [5.41, 5.74) is 0.517. The third-order valence-electron chi connectivity index (χ3n) is 3.17. The number of unbranched alkanes of at least 4 members (excludes halogenated alkanes) is 1. The second kappa shape index (κ2) is 8.40. The average Bonchev–Trinajstić information content (AvgIpc) is 2.46. The van der Waals surface area contributed by atoms with Gasteiger partial charge in [0.05, 0.1) is 0 Å². The van der Waals surface area contributed by atoms with Gasteiger partial charge in [0.25, 0.3) is 0 Å². The van der Waals surface area contributed by atoms with Crippen LogP contribution in [0.15, 0.2) is 30.3 Å². The summed E-state index contributed by atoms with van der Waals surface area (Å²) in [5, 5.41) is -0.590. The second-order valence-electron chi connectivity index (χ2n) is 6.22. The van der Waals surface area contributed by atoms with Crippen molar-refractivity contribution in [1.29, 1.82) is 0 Å². The lowest BCUT2D eigenvalue weighted by molar-refractivity contribution is -0.121. The number of ether oxygens (including phenoxy) is 1. The van der Waals surface area contributed by atoms with Crippen molar-refractivity contribution >= 4 is 23.2 Å². The molecule has 21 heavy (non-hydrogen) atoms. The summed E-state index contributed by atoms with van der Waals surface area (Å²) >= 11 is 6.35. The Kier molecular flexibility index (Phi) is 7.20. The summed E-state index contributed by atoms with van der Waals surface area (Å²) in [6, 6.07) is 9.52. The lowest BCUT2D eigenvalue weighted by atomic mass is 9.91. The van der Waals surface area contributed by atoms with E-state index in [-0.39, 0.29) is 18.1 Å². The van der Waals surface area contributed by atoms with Gasteiger partial charge in [0.1, 0.15) is 12.1 Å². The molecule has 0 saturated heterocycles. The molecule has 0 saturated carbocycles. The summed E-state index contributed by atoms with van der Waals surface area (Å²) in [4.78, 5) is 14.3. The fraction of sp³-hybridized carbons (Fsp3) is 0.588. The van der Waals surface area contributed by atoms with Crippen molar-refractivity contribution in [3.05, 3.63) is 30.3 Å². The number of hydrogen-bond donors (Lipinski definition) is 0. The molecule has 0 radical (unpaired) electrons. The first-order valence-electron chi connectivity index (χ1n) is 7.46. The fourth-order valence-corrected chi connectivity index (χ4v) is 1.90. The molecule has 118 valence electrons. The van der Waals surface area contributed by atoms with Gasteiger partial charge in [-0.15, -0.1) is 11.6 Å². The zero-order valence-electron chi connectivity index (χ0n) is 13.4. The Hall–Kier alpha value is -1.06. The summed E-state index contributed by atoms with van der Waals surface area (Å²) < 4.78 is 5.62. The van der Waals surface area contributed by atoms with Crippen LogP contribution in [0.4, 0.5) is 5.69 Å². The number of halogens is 1. The van der Waals surface area contributed by atoms with Gasteiger partial charge in [0, 0.05) is 12.3 Å². The summed E-state index contributed by atoms with van der Waals surface area (Å²) in [5.74, 6) is -0.119. The third-order valence-corrected chi connectivity index (χ3v) is 4.01. The van der Waals surface area contributed by atoms with E-state index in [4.69, 9.17) is 16.3 Å². The number of alkyl halides is 1. The predicted octanol–water partition coefficient (Wildman–Crippen LogP) is 4.45. The fourth-order valence-electron chi connectivity index (χ4n) is 1.78. The highest BCUT2D eigenvalue weighted by Gasteiger charge is 2.33. The molecule has 1 rings (SSSR count). The maximum absolute atomic E-state index is 12.7. The molecule has 0 aliphatic rings. The number of para-hydroxylation sites is 1. The van der Waals surface area contributed by atoms with Gasteiger partial charge in [0.15, 0.2) is 0 Å². The first-order valence-corrected chi connectivity index (χ1v) is 7.89. The largest absolute Gasteiger partial charge is 0.361 e. The molecule has 1 aromatic carbocycles. The summed E-state index contributed by atoms with van der Waals surface area (Å²) in [6.45, 7) is 8.88. The van der Waals surface area contributed by atoms with E-state index in [0.717, 1.165) is 18.5 Å². The summed E-state index contributed by atoms with van der Waals surface area (Å²) in [7, 11) is 0. The minimum atomic E-state index is -0.590. The first-order chi connectivity index (χ1) is 9.88. The SMILES string of the molecule is CCCCOCN(C(=O)C(Cl)C(C)(C)C)c1ccccc1. The Morgan fingerprint density at radius 2 is 1.90 bits per heavy atom. The Morgan fingerprint density at radius 1 is 1.29 bits per heavy atom. The van der Waals surface area contributed by atoms with E-state index in [1.165, 1.54) is 0 Å². The predicted molar refractivity (Wildman–Crippen MR) is 88.8 cm³/mol. The van der Waals surface area contributed by atoms with Gasteiger partial charge in [-0.25, -0.2) is 0 Å². The van der Waals surface area contributed by atoms with Crippen molar-refractivity contribution in [1.82, 2.24) is 0 Å². The standard InChI is InChI=1S/C17H26ClNO2/c1-5-6-12-21-13-19(14-10-8-7-9-11-14)16(20)15(18)17(2,3)4/h7-11,15H,5-6,12-13H2,1-4H3. The van der Waals surface area contributed by atoms with Gasteiger partial charge < -0.3 is 4.74 Å². The van der Waals surface area contributed by atoms with E-state index >= 15 is 0 Å². The van der Waals surface area contributed by atoms with Gasteiger partial charge in [-0.2, -0.15) is 0 Å². The van der Waals surface area contributed by atoms with E-state index in [1.807, 2.05) is 51.1 Å². The zero-order chi connectivity index (χ0) is 15.9. The van der Waals surface area contributed by atoms with Crippen LogP contribution in [-0.2, 0) is 9.53 Å². The molecular weight excluding hydrogens is 286 g/mol. The van der Waals surface area contributed by atoms with Gasteiger partial charge in [-0.1, -0.05) is 52.3 Å². The van der Waals surface area contributed by atoms with E-state index in [9.17, 15) is 4.79 Å². The van der Waals surface area contributed by atoms with Crippen LogP contribution in [0.5, 0.6) is 0 Å². The van der Waals surface area contributed by atoms with E-state index in [0.29, 0.717) is 6.61 Å². The molecule has 0 fully saturated rings. The molecule has 0 heterocycles. The Labute approximate surface area is 133 Å². The first kappa shape index (κ1) is 18.0. The number of nitrogens with zero attached hydrogens (tertiary/aromatic N) is 1. The Bertz CT molecular complexity index is 428. The number of anilines is 1. The van der Waals surface area contributed by atoms with E-state index < -0.39 is 5.38 Å². The van der Waals surface area contributed by atoms with Crippen LogP contribution in [0.25, 0.3) is 0 Å². The minimum Gasteiger partial charge on any atom is -0.361 e. The highest BCUT2D eigenvalue weighted by atomic mass is 35.5. The molecule has 0 bridgehead atoms. The van der Waals surface area contributed by atoms with Crippen molar-refractivity contribution in [3.8, 4) is 0 Å². The number of rotatable bonds is 7. The normalized spacial score (nSPS) is 13.0. The smallest absolute Gasteiger partial charge is 0.247 e. The van der Waals surface area contributed by atoms with Crippen LogP contribution in [-0.4, -0.2) is 24.6 Å². The molecule has 0 aliphatic heterocycles. The van der Waals surface area contributed by atoms with Crippen LogP contribution in [0.1, 0.15) is 40.5 Å². The maximum atomic E-state index is 12.7. The van der Waals surface area contributed by atoms with Crippen LogP contribution in [0, 0.1) is 5.41 Å². The molecule has 4 heteroatoms. The highest BCUT2D eigenvalue weighted by Crippen LogP contribution is 2.28. The summed E-state index contributed by atoms with van der Waals surface area (Å²) in [6.07, 6.45) is 2.06. The van der Waals surface area contributed by atoms with Crippen LogP contribution in [0.3, 0.4) is 0 Å². The monoisotopic (exact) mass is 311 g/mol. The molecule has 1 atom stereocenters. The molecule has 0 spiro atoms. The van der Waals surface area contributed by atoms with Gasteiger partial charge >= 0.3 is 0 Å². The number of hydrogen-bond acceptors (Lipinski definition) is 2. The minimum absolute atomic E-state index is 0.119. The molecule has 0 aliphatic carbocycles. The van der Waals surface area contributed by atoms with E-state index in [2.05, 4.69) is 6.92 Å². The van der Waals surface area contributed by atoms with Crippen molar-refractivity contribution in [3.63, 3.8) is 0 Å². The zero-order valence-corrected chi connectivity index (χ0v) is 14.2. The second-order valence-corrected chi connectivity index (χ2v) is 6.66. The van der Waals surface area contributed by atoms with Crippen molar-refractivity contribution in [2.45, 2.75) is 45.9 Å². The topological polar surface area (TPSA) is 29.5 Å². The van der Waals surface area contributed by atoms with Crippen molar-refractivity contribution in [2.75, 3.05) is 18.2 Å². The van der Waals surface area contributed by atoms with Crippen molar-refractivity contribution < 1.29 is 9.53 Å². The molecule has 1 amide bonds.